The van der Waals surface area contributed by atoms with Crippen molar-refractivity contribution >= 4 is 28.8 Å². The number of aromatic nitrogens is 2. The van der Waals surface area contributed by atoms with Crippen molar-refractivity contribution in [3.8, 4) is 0 Å². The van der Waals surface area contributed by atoms with Gasteiger partial charge in [0, 0.05) is 45.6 Å². The largest absolute Gasteiger partial charge is 0.611 e. The number of hydrogen-bond acceptors (Lipinski definition) is 6. The maximum atomic E-state index is 12.7. The molecule has 3 aliphatic heterocycles. The van der Waals surface area contributed by atoms with E-state index in [-0.39, 0.29) is 11.9 Å². The summed E-state index contributed by atoms with van der Waals surface area (Å²) in [4.78, 5) is 26.4. The van der Waals surface area contributed by atoms with Gasteiger partial charge in [0.15, 0.2) is 5.82 Å². The molecule has 0 saturated carbocycles. The van der Waals surface area contributed by atoms with E-state index in [2.05, 4.69) is 41.4 Å². The van der Waals surface area contributed by atoms with Gasteiger partial charge >= 0.3 is 0 Å². The Morgan fingerprint density at radius 1 is 1.16 bits per heavy atom. The molecule has 7 nitrogen and oxygen atoms in total. The van der Waals surface area contributed by atoms with Crippen LogP contribution in [0.5, 0.6) is 0 Å². The molecule has 3 aliphatic rings. The third-order valence-electron chi connectivity index (χ3n) is 6.93. The summed E-state index contributed by atoms with van der Waals surface area (Å²) in [7, 11) is 1.84. The van der Waals surface area contributed by atoms with E-state index < -0.39 is 11.2 Å². The molecule has 2 atom stereocenters. The van der Waals surface area contributed by atoms with Gasteiger partial charge in [0.25, 0.3) is 0 Å². The van der Waals surface area contributed by atoms with E-state index in [1.165, 1.54) is 11.1 Å². The van der Waals surface area contributed by atoms with Crippen LogP contribution in [0.3, 0.4) is 0 Å². The van der Waals surface area contributed by atoms with Gasteiger partial charge in [0.2, 0.25) is 16.8 Å². The van der Waals surface area contributed by atoms with Crippen LogP contribution >= 0.6 is 0 Å². The van der Waals surface area contributed by atoms with Crippen molar-refractivity contribution < 1.29 is 9.35 Å². The Bertz CT molecular complexity index is 1010. The van der Waals surface area contributed by atoms with Crippen LogP contribution in [-0.2, 0) is 22.4 Å². The van der Waals surface area contributed by atoms with Crippen LogP contribution in [0.1, 0.15) is 48.4 Å². The zero-order valence-corrected chi connectivity index (χ0v) is 19.7. The Balaban J connectivity index is 1.34. The molecule has 32 heavy (non-hydrogen) atoms. The molecule has 0 aliphatic carbocycles. The maximum absolute atomic E-state index is 12.7. The molecular formula is C24H31N5O2S. The number of carbonyl (C=O) groups excluding carboxylic acids is 1. The van der Waals surface area contributed by atoms with Gasteiger partial charge in [0.05, 0.1) is 0 Å². The molecule has 1 unspecified atom stereocenters. The molecule has 1 amide bonds. The molecule has 5 rings (SSSR count). The Morgan fingerprint density at radius 3 is 2.72 bits per heavy atom. The molecule has 0 spiro atoms. The van der Waals surface area contributed by atoms with Crippen molar-refractivity contribution in [3.63, 3.8) is 0 Å². The number of nitrogens with zero attached hydrogens (tertiary/aromatic N) is 4. The molecule has 1 aromatic carbocycles. The third kappa shape index (κ3) is 4.30. The number of likely N-dealkylation sites (tertiary alicyclic amines) is 1. The maximum Gasteiger partial charge on any atom is 0.227 e. The van der Waals surface area contributed by atoms with Gasteiger partial charge in [-0.25, -0.2) is 4.98 Å². The Kier molecular flexibility index (Phi) is 5.99. The lowest BCUT2D eigenvalue weighted by atomic mass is 9.89. The van der Waals surface area contributed by atoms with Gasteiger partial charge in [0.1, 0.15) is 11.4 Å². The topological polar surface area (TPSA) is 84.4 Å². The fourth-order valence-corrected chi connectivity index (χ4v) is 6.40. The fourth-order valence-electron chi connectivity index (χ4n) is 5.08. The quantitative estimate of drug-likeness (QED) is 0.717. The molecule has 2 fully saturated rings. The highest BCUT2D eigenvalue weighted by molar-refractivity contribution is 7.91. The standard InChI is InChI=1S/C24H31N5O2S/c1-16-4-3-5-18(14-16)17-8-11-29(12-9-17)24-26-20-10-13-32(31)22(20)23(27-24)25-19-6-7-21(30)28(2)15-19/h3-5,14,17,19H,6-13,15H2,1-2H3,(H,25,26,27)/t19-,32?/m0/s1. The molecule has 2 saturated heterocycles. The summed E-state index contributed by atoms with van der Waals surface area (Å²) in [6.45, 7) is 4.62. The number of amides is 1. The lowest BCUT2D eigenvalue weighted by Gasteiger charge is -2.33. The smallest absolute Gasteiger partial charge is 0.227 e. The lowest BCUT2D eigenvalue weighted by molar-refractivity contribution is -0.132. The summed E-state index contributed by atoms with van der Waals surface area (Å²) in [5.74, 6) is 2.81. The Morgan fingerprint density at radius 2 is 1.97 bits per heavy atom. The van der Waals surface area contributed by atoms with Crippen molar-refractivity contribution in [2.24, 2.45) is 0 Å². The van der Waals surface area contributed by atoms with Crippen LogP contribution in [0.4, 0.5) is 11.8 Å². The molecule has 1 N–H and O–H groups in total. The summed E-state index contributed by atoms with van der Waals surface area (Å²) in [6, 6.07) is 8.96. The first-order chi connectivity index (χ1) is 15.5. The van der Waals surface area contributed by atoms with E-state index in [1.807, 2.05) is 7.05 Å². The highest BCUT2D eigenvalue weighted by Crippen LogP contribution is 2.35. The number of piperidine rings is 2. The second kappa shape index (κ2) is 8.90. The van der Waals surface area contributed by atoms with E-state index >= 15 is 0 Å². The van der Waals surface area contributed by atoms with Crippen LogP contribution in [0.2, 0.25) is 0 Å². The van der Waals surface area contributed by atoms with Gasteiger partial charge in [-0.15, -0.1) is 0 Å². The van der Waals surface area contributed by atoms with Crippen molar-refractivity contribution in [2.75, 3.05) is 42.7 Å². The number of hydrogen-bond donors (Lipinski definition) is 1. The van der Waals surface area contributed by atoms with Crippen molar-refractivity contribution in [2.45, 2.75) is 55.9 Å². The normalized spacial score (nSPS) is 24.0. The van der Waals surface area contributed by atoms with Crippen molar-refractivity contribution in [1.82, 2.24) is 14.9 Å². The van der Waals surface area contributed by atoms with Gasteiger partial charge < -0.3 is 19.7 Å². The van der Waals surface area contributed by atoms with Crippen LogP contribution in [0.25, 0.3) is 0 Å². The van der Waals surface area contributed by atoms with Gasteiger partial charge in [-0.05, 0) is 48.8 Å². The van der Waals surface area contributed by atoms with Crippen LogP contribution in [0.15, 0.2) is 29.2 Å². The monoisotopic (exact) mass is 453 g/mol. The van der Waals surface area contributed by atoms with Crippen LogP contribution in [0, 0.1) is 6.92 Å². The molecule has 2 aromatic rings. The SMILES string of the molecule is Cc1cccc(C2CCN(c3nc4c(c(N[C@H]5CCC(=O)N(C)C5)n3)[S+]([O-])CC4)CC2)c1. The summed E-state index contributed by atoms with van der Waals surface area (Å²) >= 11 is -1.06. The minimum absolute atomic E-state index is 0.120. The molecule has 1 aromatic heterocycles. The lowest BCUT2D eigenvalue weighted by Crippen LogP contribution is -2.43. The summed E-state index contributed by atoms with van der Waals surface area (Å²) < 4.78 is 12.7. The van der Waals surface area contributed by atoms with Crippen molar-refractivity contribution in [1.29, 1.82) is 0 Å². The molecular weight excluding hydrogens is 422 g/mol. The van der Waals surface area contributed by atoms with E-state index in [0.29, 0.717) is 30.5 Å². The molecule has 170 valence electrons. The molecule has 0 bridgehead atoms. The highest BCUT2D eigenvalue weighted by Gasteiger charge is 2.35. The number of benzene rings is 1. The Hall–Kier alpha value is -2.32. The summed E-state index contributed by atoms with van der Waals surface area (Å²) in [6.07, 6.45) is 4.19. The third-order valence-corrected chi connectivity index (χ3v) is 8.39. The minimum Gasteiger partial charge on any atom is -0.611 e. The average molecular weight is 454 g/mol. The minimum atomic E-state index is -1.06. The zero-order valence-electron chi connectivity index (χ0n) is 18.8. The average Bonchev–Trinajstić information content (AvgIpc) is 3.17. The van der Waals surface area contributed by atoms with Gasteiger partial charge in [-0.1, -0.05) is 29.8 Å². The van der Waals surface area contributed by atoms with E-state index in [0.717, 1.165) is 55.3 Å². The highest BCUT2D eigenvalue weighted by atomic mass is 32.2. The fraction of sp³-hybridized carbons (Fsp3) is 0.542. The number of anilines is 2. The van der Waals surface area contributed by atoms with E-state index in [9.17, 15) is 9.35 Å². The van der Waals surface area contributed by atoms with Gasteiger partial charge in [-0.3, -0.25) is 4.79 Å². The predicted octanol–water partition coefficient (Wildman–Crippen LogP) is 2.87. The zero-order chi connectivity index (χ0) is 22.2. The molecule has 8 heteroatoms. The van der Waals surface area contributed by atoms with E-state index in [1.54, 1.807) is 4.90 Å². The molecule has 4 heterocycles. The predicted molar refractivity (Wildman–Crippen MR) is 127 cm³/mol. The first kappa shape index (κ1) is 21.5. The second-order valence-electron chi connectivity index (χ2n) is 9.28. The number of aryl methyl sites for hydroxylation is 2. The number of nitrogens with one attached hydrogen (secondary N) is 1. The van der Waals surface area contributed by atoms with Gasteiger partial charge in [-0.2, -0.15) is 4.98 Å². The first-order valence-corrected chi connectivity index (χ1v) is 12.9. The first-order valence-electron chi connectivity index (χ1n) is 11.6. The molecule has 0 radical (unpaired) electrons. The summed E-state index contributed by atoms with van der Waals surface area (Å²) in [5, 5.41) is 3.52. The summed E-state index contributed by atoms with van der Waals surface area (Å²) in [5.41, 5.74) is 3.65. The van der Waals surface area contributed by atoms with E-state index in [4.69, 9.17) is 9.97 Å². The Labute approximate surface area is 192 Å². The van der Waals surface area contributed by atoms with Crippen molar-refractivity contribution in [3.05, 3.63) is 41.1 Å². The number of rotatable bonds is 4. The number of fused-ring (bicyclic) bond motifs is 1. The van der Waals surface area contributed by atoms with Crippen LogP contribution in [-0.4, -0.2) is 63.8 Å². The number of likely N-dealkylation sites (N-methyl/N-ethyl adjacent to an activating group) is 1. The van der Waals surface area contributed by atoms with Crippen LogP contribution < -0.4 is 10.2 Å². The number of carbonyl (C=O) groups is 1. The second-order valence-corrected chi connectivity index (χ2v) is 10.8.